The van der Waals surface area contributed by atoms with Crippen LogP contribution in [0.5, 0.6) is 5.75 Å². The third-order valence-corrected chi connectivity index (χ3v) is 6.20. The number of benzene rings is 1. The molecule has 0 saturated carbocycles. The van der Waals surface area contributed by atoms with Gasteiger partial charge in [-0.05, 0) is 47.5 Å². The minimum atomic E-state index is -0.415. The molecule has 1 saturated heterocycles. The molecule has 6 nitrogen and oxygen atoms in total. The summed E-state index contributed by atoms with van der Waals surface area (Å²) in [5.74, 6) is -0.209. The van der Waals surface area contributed by atoms with Crippen LogP contribution in [0.4, 0.5) is 4.39 Å². The standard InChI is InChI=1S/C23H24FN2O4S.Re/c24-18-10-16-11-20(13-18)30-14-19-4-3-7-26(19)22(27)5-1-2-8-29-9-6-25-23(28)21-12-17(16)15-31-21;/h1-2,6,10-13,15,19H,3-5,7-9,14H2,(H,25,28);/q-1;/b2-1+;/t19-;/m0./s1. The average molecular weight is 630 g/mol. The zero-order valence-electron chi connectivity index (χ0n) is 17.4. The summed E-state index contributed by atoms with van der Waals surface area (Å²) in [7, 11) is 0. The molecule has 2 aliphatic heterocycles. The van der Waals surface area contributed by atoms with Gasteiger partial charge in [0, 0.05) is 39.5 Å². The molecule has 0 spiro atoms. The monoisotopic (exact) mass is 630 g/mol. The van der Waals surface area contributed by atoms with E-state index in [2.05, 4.69) is 5.32 Å². The van der Waals surface area contributed by atoms with Gasteiger partial charge in [-0.2, -0.15) is 0 Å². The Morgan fingerprint density at radius 3 is 2.91 bits per heavy atom. The van der Waals surface area contributed by atoms with Gasteiger partial charge in [0.25, 0.3) is 0 Å². The number of hydrogen-bond donors (Lipinski definition) is 1. The van der Waals surface area contributed by atoms with Gasteiger partial charge in [0.2, 0.25) is 11.8 Å². The van der Waals surface area contributed by atoms with E-state index < -0.39 is 5.82 Å². The number of nitrogens with zero attached hydrogens (tertiary/aromatic N) is 1. The van der Waals surface area contributed by atoms with E-state index in [-0.39, 0.29) is 44.9 Å². The van der Waals surface area contributed by atoms with Crippen LogP contribution in [0.25, 0.3) is 11.1 Å². The van der Waals surface area contributed by atoms with E-state index >= 15 is 0 Å². The third-order valence-electron chi connectivity index (χ3n) is 5.28. The molecule has 1 aromatic carbocycles. The fraction of sp³-hybridized carbons (Fsp3) is 0.348. The Labute approximate surface area is 204 Å². The number of thiophene rings is 1. The molecular weight excluding hydrogens is 606 g/mol. The topological polar surface area (TPSA) is 67.9 Å². The second-order valence-corrected chi connectivity index (χ2v) is 8.37. The number of nitrogens with one attached hydrogen (secondary N) is 1. The molecule has 0 unspecified atom stereocenters. The number of amides is 2. The van der Waals surface area contributed by atoms with Gasteiger partial charge in [-0.1, -0.05) is 18.8 Å². The maximum absolute atomic E-state index is 14.2. The second kappa shape index (κ2) is 11.7. The van der Waals surface area contributed by atoms with Gasteiger partial charge in [0.1, 0.15) is 18.2 Å². The first-order valence-electron chi connectivity index (χ1n) is 10.3. The van der Waals surface area contributed by atoms with Gasteiger partial charge in [-0.25, -0.2) is 10.9 Å². The van der Waals surface area contributed by atoms with Crippen LogP contribution in [0.15, 0.2) is 41.8 Å². The van der Waals surface area contributed by atoms with E-state index in [4.69, 9.17) is 9.47 Å². The average Bonchev–Trinajstić information content (AvgIpc) is 3.43. The van der Waals surface area contributed by atoms with Crippen molar-refractivity contribution in [2.75, 3.05) is 26.4 Å². The molecule has 171 valence electrons. The van der Waals surface area contributed by atoms with Crippen LogP contribution in [-0.2, 0) is 30.0 Å². The Kier molecular flexibility index (Phi) is 9.00. The quantitative estimate of drug-likeness (QED) is 0.356. The van der Waals surface area contributed by atoms with Crippen LogP contribution in [0, 0.1) is 12.4 Å². The number of halogens is 1. The van der Waals surface area contributed by atoms with E-state index in [0.29, 0.717) is 42.4 Å². The van der Waals surface area contributed by atoms with Crippen LogP contribution in [0.3, 0.4) is 0 Å². The summed E-state index contributed by atoms with van der Waals surface area (Å²) in [6, 6.07) is 6.22. The number of hydrogen-bond acceptors (Lipinski definition) is 5. The second-order valence-electron chi connectivity index (χ2n) is 7.46. The molecule has 9 heteroatoms. The summed E-state index contributed by atoms with van der Waals surface area (Å²) in [5, 5.41) is 4.50. The minimum absolute atomic E-state index is 0. The number of ether oxygens (including phenoxy) is 2. The van der Waals surface area contributed by atoms with Gasteiger partial charge in [-0.3, -0.25) is 9.59 Å². The molecule has 4 bridgehead atoms. The molecule has 1 fully saturated rings. The first-order chi connectivity index (χ1) is 15.1. The molecule has 2 aromatic rings. The Morgan fingerprint density at radius 1 is 1.16 bits per heavy atom. The van der Waals surface area contributed by atoms with Crippen LogP contribution in [-0.4, -0.2) is 49.1 Å². The first kappa shape index (κ1) is 24.6. The van der Waals surface area contributed by atoms with E-state index in [9.17, 15) is 14.0 Å². The Balaban J connectivity index is 0.00000289. The third kappa shape index (κ3) is 6.26. The molecule has 0 aliphatic carbocycles. The van der Waals surface area contributed by atoms with Crippen molar-refractivity contribution >= 4 is 23.2 Å². The van der Waals surface area contributed by atoms with Gasteiger partial charge in [0.05, 0.1) is 17.5 Å². The first-order valence-corrected chi connectivity index (χ1v) is 11.1. The summed E-state index contributed by atoms with van der Waals surface area (Å²) < 4.78 is 25.6. The van der Waals surface area contributed by atoms with Crippen LogP contribution in [0.1, 0.15) is 28.9 Å². The van der Waals surface area contributed by atoms with Gasteiger partial charge < -0.3 is 19.7 Å². The maximum Gasteiger partial charge on any atom is 0.232 e. The number of carbonyl (C=O) groups is 2. The molecule has 32 heavy (non-hydrogen) atoms. The van der Waals surface area contributed by atoms with Crippen molar-refractivity contribution in [2.45, 2.75) is 25.3 Å². The summed E-state index contributed by atoms with van der Waals surface area (Å²) in [5.41, 5.74) is 1.38. The molecule has 1 aromatic heterocycles. The molecule has 1 atom stereocenters. The van der Waals surface area contributed by atoms with Crippen molar-refractivity contribution in [1.29, 1.82) is 0 Å². The zero-order chi connectivity index (χ0) is 21.6. The summed E-state index contributed by atoms with van der Waals surface area (Å²) in [6.45, 7) is 3.17. The van der Waals surface area contributed by atoms with Crippen molar-refractivity contribution in [1.82, 2.24) is 10.2 Å². The normalized spacial score (nSPS) is 21.0. The Bertz CT molecular complexity index is 981. The number of carbonyl (C=O) groups excluding carboxylic acids is 2. The van der Waals surface area contributed by atoms with Gasteiger partial charge >= 0.3 is 0 Å². The van der Waals surface area contributed by atoms with Crippen molar-refractivity contribution in [3.8, 4) is 16.9 Å². The molecular formula is C23H24FN2O4ReS-. The predicted octanol–water partition coefficient (Wildman–Crippen LogP) is 3.79. The smallest absolute Gasteiger partial charge is 0.232 e. The number of fused-ring (bicyclic) bond motifs is 6. The fourth-order valence-corrected chi connectivity index (χ4v) is 4.54. The Morgan fingerprint density at radius 2 is 2.03 bits per heavy atom. The van der Waals surface area contributed by atoms with Crippen molar-refractivity contribution in [3.63, 3.8) is 0 Å². The SMILES string of the molecule is O=C1N[CH-]COC/C=C/CC(=O)N2CCC[C@H]2COc2cc(F)cc(c2)-c2csc1c2.[Re]. The zero-order valence-corrected chi connectivity index (χ0v) is 20.9. The van der Waals surface area contributed by atoms with Crippen LogP contribution in [0.2, 0.25) is 0 Å². The van der Waals surface area contributed by atoms with Gasteiger partial charge in [0.15, 0.2) is 0 Å². The summed E-state index contributed by atoms with van der Waals surface area (Å²) in [6.07, 6.45) is 5.67. The van der Waals surface area contributed by atoms with E-state index in [0.717, 1.165) is 18.4 Å². The van der Waals surface area contributed by atoms with Crippen molar-refractivity contribution in [3.05, 3.63) is 59.0 Å². The largest absolute Gasteiger partial charge is 0.499 e. The minimum Gasteiger partial charge on any atom is -0.499 e. The fourth-order valence-electron chi connectivity index (χ4n) is 3.72. The van der Waals surface area contributed by atoms with E-state index in [1.807, 2.05) is 10.3 Å². The molecule has 1 N–H and O–H groups in total. The molecule has 4 rings (SSSR count). The maximum atomic E-state index is 14.2. The molecule has 1 radical (unpaired) electrons. The van der Waals surface area contributed by atoms with Gasteiger partial charge in [-0.15, -0.1) is 11.3 Å². The molecule has 2 aliphatic rings. The number of rotatable bonds is 0. The van der Waals surface area contributed by atoms with Crippen molar-refractivity contribution < 1.29 is 43.9 Å². The predicted molar refractivity (Wildman–Crippen MR) is 116 cm³/mol. The Hall–Kier alpha value is -2.05. The van der Waals surface area contributed by atoms with E-state index in [1.54, 1.807) is 30.8 Å². The summed E-state index contributed by atoms with van der Waals surface area (Å²) in [4.78, 5) is 27.2. The van der Waals surface area contributed by atoms with Crippen LogP contribution < -0.4 is 10.1 Å². The van der Waals surface area contributed by atoms with Crippen LogP contribution >= 0.6 is 11.3 Å². The molecule has 3 heterocycles. The molecule has 2 amide bonds. The summed E-state index contributed by atoms with van der Waals surface area (Å²) >= 11 is 1.29. The van der Waals surface area contributed by atoms with Crippen molar-refractivity contribution in [2.24, 2.45) is 0 Å². The van der Waals surface area contributed by atoms with E-state index in [1.165, 1.54) is 23.5 Å².